The molecule has 0 saturated carbocycles. The number of aliphatic hydroxyl groups excluding tert-OH is 1. The zero-order chi connectivity index (χ0) is 10.7. The molecule has 0 bridgehead atoms. The van der Waals surface area contributed by atoms with Gasteiger partial charge in [-0.3, -0.25) is 0 Å². The number of alkyl halides is 3. The Hall–Kier alpha value is -0.330. The molecular weight excluding hydrogens is 197 g/mol. The third-order valence-electron chi connectivity index (χ3n) is 2.53. The second kappa shape index (κ2) is 4.46. The van der Waals surface area contributed by atoms with E-state index in [-0.39, 0.29) is 6.61 Å². The van der Waals surface area contributed by atoms with Gasteiger partial charge in [-0.05, 0) is 25.9 Å². The molecular formula is C8H15F3N2O. The molecule has 0 unspecified atom stereocenters. The highest BCUT2D eigenvalue weighted by molar-refractivity contribution is 4.92. The van der Waals surface area contributed by atoms with E-state index in [1.807, 2.05) is 0 Å². The summed E-state index contributed by atoms with van der Waals surface area (Å²) in [4.78, 5) is 0. The second-order valence-electron chi connectivity index (χ2n) is 3.66. The van der Waals surface area contributed by atoms with Gasteiger partial charge in [0, 0.05) is 5.54 Å². The summed E-state index contributed by atoms with van der Waals surface area (Å²) < 4.78 is 35.9. The fourth-order valence-electron chi connectivity index (χ4n) is 1.58. The first-order valence-electron chi connectivity index (χ1n) is 4.61. The summed E-state index contributed by atoms with van der Waals surface area (Å²) in [5.74, 6) is 0. The lowest BCUT2D eigenvalue weighted by Gasteiger charge is -2.37. The van der Waals surface area contributed by atoms with Gasteiger partial charge in [0.05, 0.1) is 13.2 Å². The molecule has 1 saturated heterocycles. The van der Waals surface area contributed by atoms with Crippen LogP contribution in [0.1, 0.15) is 12.8 Å². The van der Waals surface area contributed by atoms with Crippen LogP contribution in [0.5, 0.6) is 0 Å². The van der Waals surface area contributed by atoms with Crippen LogP contribution in [0.4, 0.5) is 13.2 Å². The van der Waals surface area contributed by atoms with Gasteiger partial charge in [0.2, 0.25) is 0 Å². The number of hydrogen-bond acceptors (Lipinski definition) is 3. The van der Waals surface area contributed by atoms with E-state index < -0.39 is 18.3 Å². The van der Waals surface area contributed by atoms with Crippen molar-refractivity contribution < 1.29 is 18.3 Å². The Morgan fingerprint density at radius 3 is 2.29 bits per heavy atom. The van der Waals surface area contributed by atoms with Crippen LogP contribution in [0.3, 0.4) is 0 Å². The third-order valence-corrected chi connectivity index (χ3v) is 2.53. The van der Waals surface area contributed by atoms with Gasteiger partial charge in [-0.2, -0.15) is 13.2 Å². The lowest BCUT2D eigenvalue weighted by Crippen LogP contribution is -2.56. The lowest BCUT2D eigenvalue weighted by molar-refractivity contribution is -0.130. The second-order valence-corrected chi connectivity index (χ2v) is 3.66. The van der Waals surface area contributed by atoms with Gasteiger partial charge in [0.1, 0.15) is 0 Å². The van der Waals surface area contributed by atoms with Crippen molar-refractivity contribution in [1.29, 1.82) is 0 Å². The SMILES string of the molecule is OCC1(NCC(F)(F)F)CCNCC1. The maximum absolute atomic E-state index is 12.0. The topological polar surface area (TPSA) is 44.3 Å². The first kappa shape index (κ1) is 11.7. The van der Waals surface area contributed by atoms with Crippen molar-refractivity contribution in [3.05, 3.63) is 0 Å². The van der Waals surface area contributed by atoms with E-state index in [0.29, 0.717) is 25.9 Å². The highest BCUT2D eigenvalue weighted by atomic mass is 19.4. The summed E-state index contributed by atoms with van der Waals surface area (Å²) in [5.41, 5.74) is -0.749. The Morgan fingerprint density at radius 1 is 1.29 bits per heavy atom. The van der Waals surface area contributed by atoms with Crippen molar-refractivity contribution in [3.63, 3.8) is 0 Å². The number of halogens is 3. The fourth-order valence-corrected chi connectivity index (χ4v) is 1.58. The first-order valence-corrected chi connectivity index (χ1v) is 4.61. The Balaban J connectivity index is 2.44. The lowest BCUT2D eigenvalue weighted by atomic mass is 9.89. The summed E-state index contributed by atoms with van der Waals surface area (Å²) in [6.07, 6.45) is -3.16. The molecule has 3 nitrogen and oxygen atoms in total. The van der Waals surface area contributed by atoms with E-state index in [1.54, 1.807) is 0 Å². The van der Waals surface area contributed by atoms with Crippen LogP contribution in [0.2, 0.25) is 0 Å². The van der Waals surface area contributed by atoms with Crippen molar-refractivity contribution in [2.45, 2.75) is 24.6 Å². The van der Waals surface area contributed by atoms with Gasteiger partial charge >= 0.3 is 6.18 Å². The predicted molar refractivity (Wildman–Crippen MR) is 46.0 cm³/mol. The zero-order valence-corrected chi connectivity index (χ0v) is 7.82. The van der Waals surface area contributed by atoms with Gasteiger partial charge in [0.25, 0.3) is 0 Å². The highest BCUT2D eigenvalue weighted by Crippen LogP contribution is 2.20. The first-order chi connectivity index (χ1) is 6.47. The molecule has 1 heterocycles. The van der Waals surface area contributed by atoms with Gasteiger partial charge in [-0.1, -0.05) is 0 Å². The molecule has 0 aromatic carbocycles. The average molecular weight is 212 g/mol. The highest BCUT2D eigenvalue weighted by Gasteiger charge is 2.36. The Bertz CT molecular complexity index is 178. The van der Waals surface area contributed by atoms with Gasteiger partial charge in [0.15, 0.2) is 0 Å². The van der Waals surface area contributed by atoms with Gasteiger partial charge < -0.3 is 15.7 Å². The van der Waals surface area contributed by atoms with Crippen LogP contribution in [-0.2, 0) is 0 Å². The largest absolute Gasteiger partial charge is 0.401 e. The maximum atomic E-state index is 12.0. The van der Waals surface area contributed by atoms with Crippen LogP contribution in [-0.4, -0.2) is 43.1 Å². The number of hydrogen-bond donors (Lipinski definition) is 3. The molecule has 0 aromatic rings. The van der Waals surface area contributed by atoms with E-state index in [0.717, 1.165) is 0 Å². The predicted octanol–water partition coefficient (Wildman–Crippen LogP) is 0.253. The minimum Gasteiger partial charge on any atom is -0.394 e. The van der Waals surface area contributed by atoms with Crippen LogP contribution < -0.4 is 10.6 Å². The van der Waals surface area contributed by atoms with Crippen molar-refractivity contribution in [1.82, 2.24) is 10.6 Å². The molecule has 0 atom stereocenters. The van der Waals surface area contributed by atoms with Gasteiger partial charge in [-0.15, -0.1) is 0 Å². The van der Waals surface area contributed by atoms with Crippen LogP contribution >= 0.6 is 0 Å². The van der Waals surface area contributed by atoms with Crippen LogP contribution in [0, 0.1) is 0 Å². The summed E-state index contributed by atoms with van der Waals surface area (Å²) in [7, 11) is 0. The molecule has 0 aromatic heterocycles. The van der Waals surface area contributed by atoms with Crippen molar-refractivity contribution in [2.24, 2.45) is 0 Å². The number of rotatable bonds is 3. The molecule has 6 heteroatoms. The maximum Gasteiger partial charge on any atom is 0.401 e. The third kappa shape index (κ3) is 3.43. The molecule has 84 valence electrons. The molecule has 1 fully saturated rings. The standard InChI is InChI=1S/C8H15F3N2O/c9-8(10,11)5-13-7(6-14)1-3-12-4-2-7/h12-14H,1-6H2. The normalized spacial score (nSPS) is 22.3. The summed E-state index contributed by atoms with van der Waals surface area (Å²) in [6, 6.07) is 0. The summed E-state index contributed by atoms with van der Waals surface area (Å²) in [5, 5.41) is 14.5. The zero-order valence-electron chi connectivity index (χ0n) is 7.82. The van der Waals surface area contributed by atoms with Crippen molar-refractivity contribution in [3.8, 4) is 0 Å². The monoisotopic (exact) mass is 212 g/mol. The van der Waals surface area contributed by atoms with E-state index in [4.69, 9.17) is 5.11 Å². The van der Waals surface area contributed by atoms with Crippen LogP contribution in [0.15, 0.2) is 0 Å². The molecule has 1 aliphatic rings. The van der Waals surface area contributed by atoms with Crippen molar-refractivity contribution >= 4 is 0 Å². The Kier molecular flexibility index (Phi) is 3.74. The minimum absolute atomic E-state index is 0.245. The Morgan fingerprint density at radius 2 is 1.86 bits per heavy atom. The molecule has 0 spiro atoms. The van der Waals surface area contributed by atoms with E-state index in [9.17, 15) is 13.2 Å². The number of nitrogens with one attached hydrogen (secondary N) is 2. The summed E-state index contributed by atoms with van der Waals surface area (Å²) >= 11 is 0. The van der Waals surface area contributed by atoms with E-state index >= 15 is 0 Å². The number of piperidine rings is 1. The molecule has 3 N–H and O–H groups in total. The summed E-state index contributed by atoms with van der Waals surface area (Å²) in [6.45, 7) is 0.00908. The minimum atomic E-state index is -4.22. The quantitative estimate of drug-likeness (QED) is 0.628. The van der Waals surface area contributed by atoms with E-state index in [2.05, 4.69) is 10.6 Å². The van der Waals surface area contributed by atoms with Gasteiger partial charge in [-0.25, -0.2) is 0 Å². The average Bonchev–Trinajstić information content (AvgIpc) is 2.15. The molecule has 1 rings (SSSR count). The molecule has 1 aliphatic heterocycles. The molecule has 0 radical (unpaired) electrons. The fraction of sp³-hybridized carbons (Fsp3) is 1.00. The Labute approximate surface area is 80.7 Å². The molecule has 0 amide bonds. The number of aliphatic hydroxyl groups is 1. The molecule has 14 heavy (non-hydrogen) atoms. The van der Waals surface area contributed by atoms with Crippen LogP contribution in [0.25, 0.3) is 0 Å². The molecule has 0 aliphatic carbocycles. The van der Waals surface area contributed by atoms with E-state index in [1.165, 1.54) is 0 Å². The smallest absolute Gasteiger partial charge is 0.394 e. The van der Waals surface area contributed by atoms with Crippen molar-refractivity contribution in [2.75, 3.05) is 26.2 Å².